The monoisotopic (exact) mass is 685 g/mol. The van der Waals surface area contributed by atoms with Crippen LogP contribution in [0.3, 0.4) is 0 Å². The van der Waals surface area contributed by atoms with Gasteiger partial charge in [0.2, 0.25) is 0 Å². The lowest BCUT2D eigenvalue weighted by molar-refractivity contribution is 0.0956. The van der Waals surface area contributed by atoms with E-state index in [0.29, 0.717) is 17.7 Å². The number of nitrogens with one attached hydrogen (secondary N) is 1. The van der Waals surface area contributed by atoms with Crippen LogP contribution in [0.2, 0.25) is 0 Å². The van der Waals surface area contributed by atoms with Crippen molar-refractivity contribution in [2.45, 2.75) is 43.4 Å². The molecule has 9 nitrogen and oxygen atoms in total. The third-order valence-corrected chi connectivity index (χ3v) is 9.92. The van der Waals surface area contributed by atoms with Crippen LogP contribution >= 0.6 is 0 Å². The Morgan fingerprint density at radius 3 is 2.08 bits per heavy atom. The van der Waals surface area contributed by atoms with Crippen molar-refractivity contribution in [3.63, 3.8) is 0 Å². The molecule has 0 radical (unpaired) electrons. The molecule has 4 aromatic carbocycles. The maximum absolute atomic E-state index is 12.5. The zero-order valence-corrected chi connectivity index (χ0v) is 28.8. The number of carbonyl (C=O) groups excluding carboxylic acids is 1. The molecule has 1 amide bonds. The van der Waals surface area contributed by atoms with Crippen molar-refractivity contribution >= 4 is 25.9 Å². The lowest BCUT2D eigenvalue weighted by Crippen LogP contribution is -2.28. The van der Waals surface area contributed by atoms with Crippen LogP contribution in [-0.4, -0.2) is 51.0 Å². The van der Waals surface area contributed by atoms with Gasteiger partial charge < -0.3 is 14.4 Å². The molecule has 0 aliphatic carbocycles. The van der Waals surface area contributed by atoms with Crippen LogP contribution in [-0.2, 0) is 31.8 Å². The van der Waals surface area contributed by atoms with E-state index in [2.05, 4.69) is 55.5 Å². The van der Waals surface area contributed by atoms with Gasteiger partial charge in [-0.15, -0.1) is 0 Å². The van der Waals surface area contributed by atoms with Crippen molar-refractivity contribution < 1.29 is 30.7 Å². The van der Waals surface area contributed by atoms with Crippen molar-refractivity contribution in [2.75, 3.05) is 18.6 Å². The summed E-state index contributed by atoms with van der Waals surface area (Å²) < 4.78 is 62.7. The van der Waals surface area contributed by atoms with Crippen LogP contribution in [0.15, 0.2) is 113 Å². The minimum absolute atomic E-state index is 0.0186. The van der Waals surface area contributed by atoms with Gasteiger partial charge in [-0.1, -0.05) is 92.7 Å². The number of benzene rings is 4. The van der Waals surface area contributed by atoms with Gasteiger partial charge in [0, 0.05) is 35.9 Å². The fourth-order valence-electron chi connectivity index (χ4n) is 5.38. The molecule has 1 heterocycles. The van der Waals surface area contributed by atoms with Gasteiger partial charge in [0.15, 0.2) is 15.6 Å². The molecule has 1 aromatic heterocycles. The van der Waals surface area contributed by atoms with E-state index in [0.717, 1.165) is 33.5 Å². The molecule has 5 aromatic rings. The van der Waals surface area contributed by atoms with Crippen molar-refractivity contribution in [3.8, 4) is 22.5 Å². The first-order valence-corrected chi connectivity index (χ1v) is 18.8. The quantitative estimate of drug-likeness (QED) is 0.158. The molecule has 1 N–H and O–H groups in total. The predicted molar refractivity (Wildman–Crippen MR) is 185 cm³/mol. The van der Waals surface area contributed by atoms with Gasteiger partial charge in [0.1, 0.15) is 0 Å². The molecular weight excluding hydrogens is 649 g/mol. The highest BCUT2D eigenvalue weighted by molar-refractivity contribution is 7.90. The third kappa shape index (κ3) is 8.85. The number of hydrogen-bond donors (Lipinski definition) is 1. The Labute approximate surface area is 281 Å². The van der Waals surface area contributed by atoms with E-state index in [-0.39, 0.29) is 22.8 Å². The molecular formula is C37H37N2O7S2-. The summed E-state index contributed by atoms with van der Waals surface area (Å²) in [6, 6.07) is 31.8. The molecule has 0 spiro atoms. The number of rotatable bonds is 11. The van der Waals surface area contributed by atoms with Gasteiger partial charge in [0.05, 0.1) is 26.5 Å². The van der Waals surface area contributed by atoms with Crippen LogP contribution in [0.4, 0.5) is 0 Å². The maximum atomic E-state index is 12.5. The van der Waals surface area contributed by atoms with Crippen molar-refractivity contribution in [1.29, 1.82) is 0 Å². The summed E-state index contributed by atoms with van der Waals surface area (Å²) in [6.45, 7) is 6.22. The molecule has 0 saturated heterocycles. The van der Waals surface area contributed by atoms with Gasteiger partial charge in [-0.25, -0.2) is 16.8 Å². The molecule has 0 fully saturated rings. The summed E-state index contributed by atoms with van der Waals surface area (Å²) in [6.07, 6.45) is 1.74. The molecule has 1 atom stereocenters. The maximum Gasteiger partial charge on any atom is 0.251 e. The second-order valence-electron chi connectivity index (χ2n) is 12.8. The second-order valence-corrected chi connectivity index (χ2v) is 16.4. The van der Waals surface area contributed by atoms with E-state index in [9.17, 15) is 26.2 Å². The van der Waals surface area contributed by atoms with E-state index >= 15 is 0 Å². The zero-order valence-electron chi connectivity index (χ0n) is 27.1. The summed E-state index contributed by atoms with van der Waals surface area (Å²) in [5.41, 5.74) is 6.62. The Morgan fingerprint density at radius 1 is 0.833 bits per heavy atom. The lowest BCUT2D eigenvalue weighted by atomic mass is 9.83. The van der Waals surface area contributed by atoms with E-state index in [1.807, 2.05) is 48.5 Å². The first-order chi connectivity index (χ1) is 22.6. The van der Waals surface area contributed by atoms with Crippen molar-refractivity contribution in [2.24, 2.45) is 0 Å². The Bertz CT molecular complexity index is 2130. The van der Waals surface area contributed by atoms with Crippen LogP contribution < -0.4 is 5.32 Å². The van der Waals surface area contributed by atoms with Gasteiger partial charge in [0.25, 0.3) is 5.91 Å². The minimum Gasteiger partial charge on any atom is -0.748 e. The van der Waals surface area contributed by atoms with Gasteiger partial charge >= 0.3 is 0 Å². The number of aromatic nitrogens is 1. The highest BCUT2D eigenvalue weighted by Crippen LogP contribution is 2.34. The van der Waals surface area contributed by atoms with Crippen molar-refractivity contribution in [3.05, 3.63) is 131 Å². The molecule has 250 valence electrons. The van der Waals surface area contributed by atoms with Crippen LogP contribution in [0, 0.1) is 0 Å². The van der Waals surface area contributed by atoms with E-state index in [4.69, 9.17) is 4.52 Å². The van der Waals surface area contributed by atoms with E-state index in [1.165, 1.54) is 11.8 Å². The fourth-order valence-corrected chi connectivity index (χ4v) is 6.39. The third-order valence-electron chi connectivity index (χ3n) is 8.10. The molecule has 0 bridgehead atoms. The smallest absolute Gasteiger partial charge is 0.251 e. The molecule has 0 aliphatic rings. The van der Waals surface area contributed by atoms with Crippen LogP contribution in [0.5, 0.6) is 0 Å². The molecule has 0 aliphatic heterocycles. The predicted octanol–water partition coefficient (Wildman–Crippen LogP) is 6.36. The first-order valence-electron chi connectivity index (χ1n) is 15.4. The normalized spacial score (nSPS) is 12.9. The first kappa shape index (κ1) is 34.7. The Balaban J connectivity index is 1.43. The number of hydrogen-bond acceptors (Lipinski definition) is 8. The average Bonchev–Trinajstić information content (AvgIpc) is 3.53. The van der Waals surface area contributed by atoms with E-state index < -0.39 is 31.6 Å². The SMILES string of the molecule is CC(C)(C)c1ccc(C(Cc2ccc(C(=O)NCCS(=O)(=O)[O-])cc2)c2cc(-c3cccc(-c4cccc(S(C)(=O)=O)c4)c3)on2)cc1. The summed E-state index contributed by atoms with van der Waals surface area (Å²) in [5.74, 6) is -0.763. The average molecular weight is 686 g/mol. The van der Waals surface area contributed by atoms with Gasteiger partial charge in [-0.05, 0) is 70.0 Å². The number of sulfone groups is 1. The standard InChI is InChI=1S/C37H38N2O7S2/c1-37(2,3)31-17-15-26(16-18-31)33(21-25-11-13-27(14-12-25)36(40)38-19-20-48(43,44)45)34-24-35(46-39-34)30-9-5-7-28(22-30)29-8-6-10-32(23-29)47(4,41)42/h5-18,22-24,33H,19-21H2,1-4H3,(H,38,40)(H,43,44,45)/p-1. The summed E-state index contributed by atoms with van der Waals surface area (Å²) in [7, 11) is -7.78. The Hall–Kier alpha value is -4.58. The topological polar surface area (TPSA) is 146 Å². The molecule has 5 rings (SSSR count). The zero-order chi connectivity index (χ0) is 34.7. The van der Waals surface area contributed by atoms with Crippen LogP contribution in [0.25, 0.3) is 22.5 Å². The fraction of sp³-hybridized carbons (Fsp3) is 0.243. The van der Waals surface area contributed by atoms with Crippen molar-refractivity contribution in [1.82, 2.24) is 10.5 Å². The van der Waals surface area contributed by atoms with Gasteiger partial charge in [-0.2, -0.15) is 0 Å². The summed E-state index contributed by atoms with van der Waals surface area (Å²) >= 11 is 0. The molecule has 11 heteroatoms. The Kier molecular flexibility index (Phi) is 10.0. The number of amides is 1. The summed E-state index contributed by atoms with van der Waals surface area (Å²) in [4.78, 5) is 12.7. The summed E-state index contributed by atoms with van der Waals surface area (Å²) in [5, 5.41) is 6.95. The van der Waals surface area contributed by atoms with Crippen LogP contribution in [0.1, 0.15) is 59.4 Å². The molecule has 48 heavy (non-hydrogen) atoms. The number of nitrogens with zero attached hydrogens (tertiary/aromatic N) is 1. The minimum atomic E-state index is -4.42. The Morgan fingerprint density at radius 2 is 1.46 bits per heavy atom. The van der Waals surface area contributed by atoms with E-state index in [1.54, 1.807) is 30.3 Å². The lowest BCUT2D eigenvalue weighted by Gasteiger charge is -2.21. The largest absolute Gasteiger partial charge is 0.748 e. The molecule has 1 unspecified atom stereocenters. The molecule has 0 saturated carbocycles. The second kappa shape index (κ2) is 13.9. The highest BCUT2D eigenvalue weighted by Gasteiger charge is 2.22. The van der Waals surface area contributed by atoms with Gasteiger partial charge in [-0.3, -0.25) is 4.79 Å². The number of carbonyl (C=O) groups is 1. The highest BCUT2D eigenvalue weighted by atomic mass is 32.2.